The highest BCUT2D eigenvalue weighted by Crippen LogP contribution is 2.17. The molecule has 470 valence electrons. The Morgan fingerprint density at radius 2 is 0.500 bits per heavy atom. The van der Waals surface area contributed by atoms with Crippen LogP contribution in [-0.2, 0) is 28.6 Å². The molecule has 0 spiro atoms. The number of hydrogen-bond acceptors (Lipinski definition) is 6. The Labute approximate surface area is 508 Å². The number of esters is 3. The number of allylic oxidation sites excluding steroid dienone is 18. The maximum Gasteiger partial charge on any atom is 0.306 e. The highest BCUT2D eigenvalue weighted by atomic mass is 16.6. The number of unbranched alkanes of at least 4 members (excludes halogenated alkanes) is 34. The summed E-state index contributed by atoms with van der Waals surface area (Å²) in [6.45, 7) is 6.47. The standard InChI is InChI=1S/C76H130O6/c1-4-7-10-13-16-19-22-24-26-28-30-32-34-36-38-40-42-44-46-48-50-52-54-57-60-63-66-69-75(78)81-72-73(71-80-74(77)68-65-62-59-56-21-18-15-12-9-6-3)82-76(79)70-67-64-61-58-55-53-51-49-47-45-43-41-39-37-35-33-31-29-27-25-23-20-17-14-11-8-5-2/h7,10,12,15-16,19,23-26,29-32,36,38,42,44,73H,4-6,8-9,11,13-14,17-18,20-22,27-28,33-35,37,39-41,43,45-72H2,1-3H3/b10-7-,15-12-,19-16-,25-23-,26-24-,31-29-,32-30-,38-36-,44-42-. The molecule has 6 nitrogen and oxygen atoms in total. The maximum atomic E-state index is 12.9. The van der Waals surface area contributed by atoms with Crippen LogP contribution >= 0.6 is 0 Å². The SMILES string of the molecule is CC/C=C\C/C=C\C/C=C\C/C=C\C/C=C\C/C=C\CCCCCCCCCCC(=O)OCC(COC(=O)CCCCCCC/C=C\CCC)OC(=O)CCCCCCCCCCCCCCCCC/C=C\C/C=C\CCCCCCC. The molecule has 0 rings (SSSR count). The van der Waals surface area contributed by atoms with Gasteiger partial charge in [0, 0.05) is 19.3 Å². The van der Waals surface area contributed by atoms with Crippen molar-refractivity contribution in [3.05, 3.63) is 109 Å². The first-order valence-corrected chi connectivity index (χ1v) is 34.9. The Hall–Kier alpha value is -3.93. The third kappa shape index (κ3) is 66.9. The van der Waals surface area contributed by atoms with Crippen LogP contribution in [0.2, 0.25) is 0 Å². The summed E-state index contributed by atoms with van der Waals surface area (Å²) in [4.78, 5) is 38.3. The fraction of sp³-hybridized carbons (Fsp3) is 0.724. The highest BCUT2D eigenvalue weighted by molar-refractivity contribution is 5.71. The zero-order chi connectivity index (χ0) is 59.2. The third-order valence-electron chi connectivity index (χ3n) is 15.0. The first-order chi connectivity index (χ1) is 40.5. The Balaban J connectivity index is 4.22. The largest absolute Gasteiger partial charge is 0.462 e. The van der Waals surface area contributed by atoms with Crippen molar-refractivity contribution in [2.45, 2.75) is 341 Å². The van der Waals surface area contributed by atoms with Crippen LogP contribution in [0, 0.1) is 0 Å². The quantitative estimate of drug-likeness (QED) is 0.0261. The lowest BCUT2D eigenvalue weighted by Crippen LogP contribution is -2.30. The lowest BCUT2D eigenvalue weighted by atomic mass is 10.0. The van der Waals surface area contributed by atoms with Gasteiger partial charge in [-0.05, 0) is 122 Å². The van der Waals surface area contributed by atoms with E-state index in [2.05, 4.69) is 130 Å². The Bertz CT molecular complexity index is 1640. The van der Waals surface area contributed by atoms with Crippen molar-refractivity contribution >= 4 is 17.9 Å². The van der Waals surface area contributed by atoms with E-state index in [1.165, 1.54) is 173 Å². The van der Waals surface area contributed by atoms with Crippen LogP contribution in [0.25, 0.3) is 0 Å². The minimum absolute atomic E-state index is 0.0840. The zero-order valence-corrected chi connectivity index (χ0v) is 54.0. The lowest BCUT2D eigenvalue weighted by molar-refractivity contribution is -0.167. The van der Waals surface area contributed by atoms with Gasteiger partial charge in [-0.1, -0.05) is 304 Å². The Morgan fingerprint density at radius 3 is 0.805 bits per heavy atom. The van der Waals surface area contributed by atoms with Crippen LogP contribution in [0.5, 0.6) is 0 Å². The molecule has 0 aliphatic rings. The molecule has 0 saturated carbocycles. The summed E-state index contributed by atoms with van der Waals surface area (Å²) in [5, 5.41) is 0. The van der Waals surface area contributed by atoms with Gasteiger partial charge in [0.2, 0.25) is 0 Å². The smallest absolute Gasteiger partial charge is 0.306 e. The Kier molecular flexibility index (Phi) is 66.2. The van der Waals surface area contributed by atoms with E-state index in [0.717, 1.165) is 122 Å². The van der Waals surface area contributed by atoms with Gasteiger partial charge in [-0.3, -0.25) is 14.4 Å². The van der Waals surface area contributed by atoms with Gasteiger partial charge in [0.1, 0.15) is 13.2 Å². The summed E-state index contributed by atoms with van der Waals surface area (Å²) in [7, 11) is 0. The van der Waals surface area contributed by atoms with Crippen LogP contribution < -0.4 is 0 Å². The van der Waals surface area contributed by atoms with Crippen LogP contribution in [0.1, 0.15) is 335 Å². The molecule has 0 amide bonds. The minimum Gasteiger partial charge on any atom is -0.462 e. The van der Waals surface area contributed by atoms with E-state index >= 15 is 0 Å². The van der Waals surface area contributed by atoms with Gasteiger partial charge in [-0.25, -0.2) is 0 Å². The number of ether oxygens (including phenoxy) is 3. The van der Waals surface area contributed by atoms with Crippen molar-refractivity contribution in [2.24, 2.45) is 0 Å². The molecule has 0 aliphatic carbocycles. The maximum absolute atomic E-state index is 12.9. The molecule has 0 aromatic carbocycles. The van der Waals surface area contributed by atoms with Crippen LogP contribution in [0.15, 0.2) is 109 Å². The number of rotatable bonds is 63. The fourth-order valence-electron chi connectivity index (χ4n) is 9.78. The van der Waals surface area contributed by atoms with Crippen molar-refractivity contribution in [2.75, 3.05) is 13.2 Å². The summed E-state index contributed by atoms with van der Waals surface area (Å²) in [6, 6.07) is 0. The van der Waals surface area contributed by atoms with Crippen LogP contribution in [0.4, 0.5) is 0 Å². The average molecular weight is 1140 g/mol. The average Bonchev–Trinajstić information content (AvgIpc) is 3.48. The topological polar surface area (TPSA) is 78.9 Å². The molecule has 0 bridgehead atoms. The minimum atomic E-state index is -0.787. The molecule has 0 radical (unpaired) electrons. The molecule has 0 saturated heterocycles. The molecule has 0 aromatic heterocycles. The first-order valence-electron chi connectivity index (χ1n) is 34.9. The predicted molar refractivity (Wildman–Crippen MR) is 357 cm³/mol. The second-order valence-corrected chi connectivity index (χ2v) is 23.1. The van der Waals surface area contributed by atoms with Gasteiger partial charge in [0.25, 0.3) is 0 Å². The predicted octanol–water partition coefficient (Wildman–Crippen LogP) is 24.2. The number of carbonyl (C=O) groups is 3. The fourth-order valence-corrected chi connectivity index (χ4v) is 9.78. The van der Waals surface area contributed by atoms with Gasteiger partial charge >= 0.3 is 17.9 Å². The summed E-state index contributed by atoms with van der Waals surface area (Å²) in [5.41, 5.74) is 0. The molecule has 0 aromatic rings. The van der Waals surface area contributed by atoms with Gasteiger partial charge in [0.05, 0.1) is 0 Å². The van der Waals surface area contributed by atoms with Crippen molar-refractivity contribution < 1.29 is 28.6 Å². The molecule has 0 fully saturated rings. The zero-order valence-electron chi connectivity index (χ0n) is 54.0. The summed E-state index contributed by atoms with van der Waals surface area (Å²) in [5.74, 6) is -0.892. The molecule has 0 N–H and O–H groups in total. The van der Waals surface area contributed by atoms with Gasteiger partial charge in [-0.15, -0.1) is 0 Å². The third-order valence-corrected chi connectivity index (χ3v) is 15.0. The summed E-state index contributed by atoms with van der Waals surface area (Å²) < 4.78 is 16.9. The van der Waals surface area contributed by atoms with E-state index in [0.29, 0.717) is 19.3 Å². The molecule has 0 heterocycles. The van der Waals surface area contributed by atoms with Gasteiger partial charge < -0.3 is 14.2 Å². The van der Waals surface area contributed by atoms with Gasteiger partial charge in [-0.2, -0.15) is 0 Å². The second-order valence-electron chi connectivity index (χ2n) is 23.1. The molecular weight excluding hydrogens is 1010 g/mol. The van der Waals surface area contributed by atoms with E-state index in [4.69, 9.17) is 14.2 Å². The molecule has 1 unspecified atom stereocenters. The Morgan fingerprint density at radius 1 is 0.256 bits per heavy atom. The lowest BCUT2D eigenvalue weighted by Gasteiger charge is -2.18. The van der Waals surface area contributed by atoms with Crippen molar-refractivity contribution in [3.8, 4) is 0 Å². The highest BCUT2D eigenvalue weighted by Gasteiger charge is 2.19. The summed E-state index contributed by atoms with van der Waals surface area (Å²) in [6.07, 6.45) is 95.5. The number of carbonyl (C=O) groups excluding carboxylic acids is 3. The van der Waals surface area contributed by atoms with E-state index in [1.807, 2.05) is 0 Å². The molecule has 82 heavy (non-hydrogen) atoms. The second kappa shape index (κ2) is 69.6. The van der Waals surface area contributed by atoms with Crippen LogP contribution in [0.3, 0.4) is 0 Å². The first kappa shape index (κ1) is 78.1. The van der Waals surface area contributed by atoms with E-state index in [-0.39, 0.29) is 31.1 Å². The summed E-state index contributed by atoms with van der Waals surface area (Å²) >= 11 is 0. The van der Waals surface area contributed by atoms with Gasteiger partial charge in [0.15, 0.2) is 6.10 Å². The monoisotopic (exact) mass is 1140 g/mol. The van der Waals surface area contributed by atoms with E-state index < -0.39 is 6.10 Å². The molecule has 0 aliphatic heterocycles. The van der Waals surface area contributed by atoms with E-state index in [1.54, 1.807) is 0 Å². The van der Waals surface area contributed by atoms with Crippen molar-refractivity contribution in [1.29, 1.82) is 0 Å². The molecule has 6 heteroatoms. The number of hydrogen-bond donors (Lipinski definition) is 0. The van der Waals surface area contributed by atoms with E-state index in [9.17, 15) is 14.4 Å². The van der Waals surface area contributed by atoms with Crippen LogP contribution in [-0.4, -0.2) is 37.2 Å². The van der Waals surface area contributed by atoms with Crippen molar-refractivity contribution in [3.63, 3.8) is 0 Å². The molecule has 1 atom stereocenters. The normalized spacial score (nSPS) is 12.8. The van der Waals surface area contributed by atoms with Crippen molar-refractivity contribution in [1.82, 2.24) is 0 Å². The molecular formula is C76H130O6.